The number of nitro benzene ring substituents is 1. The summed E-state index contributed by atoms with van der Waals surface area (Å²) in [7, 11) is 0. The molecule has 0 aliphatic heterocycles. The van der Waals surface area contributed by atoms with Crippen LogP contribution in [0.4, 0.5) is 5.69 Å². The minimum Gasteiger partial charge on any atom is -0.392 e. The second-order valence-corrected chi connectivity index (χ2v) is 5.71. The Bertz CT molecular complexity index is 398. The molecule has 1 aromatic carbocycles. The van der Waals surface area contributed by atoms with Crippen LogP contribution >= 0.6 is 27.7 Å². The first-order valence-corrected chi connectivity index (χ1v) is 6.37. The Morgan fingerprint density at radius 3 is 2.56 bits per heavy atom. The summed E-state index contributed by atoms with van der Waals surface area (Å²) in [6.45, 7) is 3.63. The molecule has 1 aromatic rings. The number of hydrogen-bond donors (Lipinski definition) is 1. The Labute approximate surface area is 106 Å². The summed E-state index contributed by atoms with van der Waals surface area (Å²) in [5.74, 6) is 0. The van der Waals surface area contributed by atoms with Crippen molar-refractivity contribution in [1.29, 1.82) is 0 Å². The fourth-order valence-electron chi connectivity index (χ4n) is 0.998. The largest absolute Gasteiger partial charge is 0.392 e. The van der Waals surface area contributed by atoms with Crippen LogP contribution in [-0.2, 0) is 0 Å². The van der Waals surface area contributed by atoms with Crippen molar-refractivity contribution in [2.24, 2.45) is 0 Å². The number of rotatable bonds is 4. The van der Waals surface area contributed by atoms with Crippen molar-refractivity contribution in [2.75, 3.05) is 0 Å². The third-order valence-corrected chi connectivity index (χ3v) is 4.41. The van der Waals surface area contributed by atoms with Crippen LogP contribution in [-0.4, -0.2) is 21.4 Å². The Kier molecular flexibility index (Phi) is 4.76. The lowest BCUT2D eigenvalue weighted by molar-refractivity contribution is -0.385. The number of nitrogens with zero attached hydrogens (tertiary/aromatic N) is 1. The van der Waals surface area contributed by atoms with Gasteiger partial charge in [-0.15, -0.1) is 11.8 Å². The highest BCUT2D eigenvalue weighted by Gasteiger charge is 2.14. The minimum absolute atomic E-state index is 0.0396. The second-order valence-electron chi connectivity index (χ2n) is 3.44. The van der Waals surface area contributed by atoms with Gasteiger partial charge in [0.2, 0.25) is 0 Å². The predicted molar refractivity (Wildman–Crippen MR) is 67.8 cm³/mol. The molecule has 0 radical (unpaired) electrons. The van der Waals surface area contributed by atoms with Crippen molar-refractivity contribution < 1.29 is 10.0 Å². The molecule has 0 bridgehead atoms. The summed E-state index contributed by atoms with van der Waals surface area (Å²) in [5, 5.41) is 19.9. The van der Waals surface area contributed by atoms with E-state index in [4.69, 9.17) is 0 Å². The molecule has 88 valence electrons. The molecule has 6 heteroatoms. The highest BCUT2D eigenvalue weighted by Crippen LogP contribution is 2.34. The number of non-ortho nitro benzene ring substituents is 1. The third-order valence-electron chi connectivity index (χ3n) is 2.12. The van der Waals surface area contributed by atoms with Crippen LogP contribution < -0.4 is 0 Å². The third kappa shape index (κ3) is 3.47. The van der Waals surface area contributed by atoms with E-state index in [2.05, 4.69) is 15.9 Å². The van der Waals surface area contributed by atoms with E-state index >= 15 is 0 Å². The van der Waals surface area contributed by atoms with Crippen molar-refractivity contribution >= 4 is 33.4 Å². The van der Waals surface area contributed by atoms with Crippen LogP contribution in [0.15, 0.2) is 27.6 Å². The van der Waals surface area contributed by atoms with Crippen molar-refractivity contribution in [3.05, 3.63) is 32.8 Å². The van der Waals surface area contributed by atoms with Gasteiger partial charge < -0.3 is 5.11 Å². The first kappa shape index (κ1) is 13.5. The summed E-state index contributed by atoms with van der Waals surface area (Å²) >= 11 is 4.77. The summed E-state index contributed by atoms with van der Waals surface area (Å²) in [5.41, 5.74) is 0.0564. The summed E-state index contributed by atoms with van der Waals surface area (Å²) in [6, 6.07) is 4.62. The van der Waals surface area contributed by atoms with Gasteiger partial charge in [-0.25, -0.2) is 0 Å². The number of halogens is 1. The highest BCUT2D eigenvalue weighted by molar-refractivity contribution is 9.10. The predicted octanol–water partition coefficient (Wildman–Crippen LogP) is 3.22. The topological polar surface area (TPSA) is 63.4 Å². The number of nitro groups is 1. The van der Waals surface area contributed by atoms with E-state index in [9.17, 15) is 15.2 Å². The smallest absolute Gasteiger partial charge is 0.270 e. The highest BCUT2D eigenvalue weighted by atomic mass is 79.9. The van der Waals surface area contributed by atoms with Crippen molar-refractivity contribution in [3.8, 4) is 0 Å². The van der Waals surface area contributed by atoms with Crippen LogP contribution in [0.2, 0.25) is 0 Å². The number of benzene rings is 1. The van der Waals surface area contributed by atoms with Crippen LogP contribution in [0.3, 0.4) is 0 Å². The van der Waals surface area contributed by atoms with E-state index in [1.807, 2.05) is 6.92 Å². The van der Waals surface area contributed by atoms with Crippen LogP contribution in [0.25, 0.3) is 0 Å². The van der Waals surface area contributed by atoms with Crippen LogP contribution in [0, 0.1) is 10.1 Å². The maximum atomic E-state index is 10.5. The summed E-state index contributed by atoms with van der Waals surface area (Å²) < 4.78 is 0.680. The lowest BCUT2D eigenvalue weighted by Crippen LogP contribution is -2.14. The molecule has 0 saturated carbocycles. The SMILES string of the molecule is CC(O)C(C)Sc1ccc([N+](=O)[O-])cc1Br. The number of aliphatic hydroxyl groups is 1. The zero-order valence-electron chi connectivity index (χ0n) is 8.88. The normalized spacial score (nSPS) is 14.5. The quantitative estimate of drug-likeness (QED) is 0.527. The zero-order chi connectivity index (χ0) is 12.3. The molecule has 1 rings (SSSR count). The Hall–Kier alpha value is -0.590. The van der Waals surface area contributed by atoms with E-state index in [1.165, 1.54) is 23.9 Å². The molecular weight excluding hydrogens is 294 g/mol. The zero-order valence-corrected chi connectivity index (χ0v) is 11.3. The Balaban J connectivity index is 2.87. The van der Waals surface area contributed by atoms with Gasteiger partial charge in [-0.05, 0) is 28.9 Å². The Morgan fingerprint density at radius 2 is 2.12 bits per heavy atom. The lowest BCUT2D eigenvalue weighted by atomic mass is 10.3. The van der Waals surface area contributed by atoms with Crippen molar-refractivity contribution in [2.45, 2.75) is 30.1 Å². The number of thioether (sulfide) groups is 1. The lowest BCUT2D eigenvalue weighted by Gasteiger charge is -2.14. The van der Waals surface area contributed by atoms with E-state index in [0.717, 1.165) is 4.90 Å². The van der Waals surface area contributed by atoms with Gasteiger partial charge in [0.15, 0.2) is 0 Å². The van der Waals surface area contributed by atoms with Gasteiger partial charge in [0.05, 0.1) is 11.0 Å². The Morgan fingerprint density at radius 1 is 1.50 bits per heavy atom. The molecular formula is C10H12BrNO3S. The molecule has 4 nitrogen and oxygen atoms in total. The van der Waals surface area contributed by atoms with Gasteiger partial charge in [0.1, 0.15) is 0 Å². The maximum absolute atomic E-state index is 10.5. The average Bonchev–Trinajstić information content (AvgIpc) is 2.20. The van der Waals surface area contributed by atoms with Gasteiger partial charge in [0.25, 0.3) is 5.69 Å². The molecule has 0 saturated heterocycles. The monoisotopic (exact) mass is 305 g/mol. The molecule has 0 fully saturated rings. The minimum atomic E-state index is -0.433. The number of aliphatic hydroxyl groups excluding tert-OH is 1. The molecule has 0 heterocycles. The molecule has 1 N–H and O–H groups in total. The maximum Gasteiger partial charge on any atom is 0.270 e. The molecule has 0 amide bonds. The molecule has 2 atom stereocenters. The molecule has 0 aromatic heterocycles. The molecule has 0 spiro atoms. The molecule has 0 aliphatic carbocycles. The summed E-state index contributed by atoms with van der Waals surface area (Å²) in [4.78, 5) is 11.0. The van der Waals surface area contributed by atoms with E-state index in [1.54, 1.807) is 13.0 Å². The number of hydrogen-bond acceptors (Lipinski definition) is 4. The fraction of sp³-hybridized carbons (Fsp3) is 0.400. The standard InChI is InChI=1S/C10H12BrNO3S/c1-6(13)7(2)16-10-4-3-8(12(14)15)5-9(10)11/h3-7,13H,1-2H3. The van der Waals surface area contributed by atoms with E-state index < -0.39 is 11.0 Å². The van der Waals surface area contributed by atoms with Gasteiger partial charge in [0, 0.05) is 26.8 Å². The summed E-state index contributed by atoms with van der Waals surface area (Å²) in [6.07, 6.45) is -0.424. The van der Waals surface area contributed by atoms with Crippen molar-refractivity contribution in [3.63, 3.8) is 0 Å². The first-order chi connectivity index (χ1) is 7.41. The van der Waals surface area contributed by atoms with Crippen LogP contribution in [0.5, 0.6) is 0 Å². The van der Waals surface area contributed by atoms with E-state index in [0.29, 0.717) is 4.47 Å². The molecule has 16 heavy (non-hydrogen) atoms. The van der Waals surface area contributed by atoms with Gasteiger partial charge in [-0.1, -0.05) is 6.92 Å². The van der Waals surface area contributed by atoms with Gasteiger partial charge >= 0.3 is 0 Å². The average molecular weight is 306 g/mol. The molecule has 0 aliphatic rings. The van der Waals surface area contributed by atoms with Crippen molar-refractivity contribution in [1.82, 2.24) is 0 Å². The van der Waals surface area contributed by atoms with Crippen LogP contribution in [0.1, 0.15) is 13.8 Å². The first-order valence-electron chi connectivity index (χ1n) is 4.70. The fourth-order valence-corrected chi connectivity index (χ4v) is 2.56. The van der Waals surface area contributed by atoms with Gasteiger partial charge in [-0.2, -0.15) is 0 Å². The second kappa shape index (κ2) is 5.65. The van der Waals surface area contributed by atoms with Gasteiger partial charge in [-0.3, -0.25) is 10.1 Å². The van der Waals surface area contributed by atoms with E-state index in [-0.39, 0.29) is 10.9 Å². The molecule has 2 unspecified atom stereocenters.